The standard InChI is InChI=1S/C13H21F3N4/c1-2-20-12(18-8-19-20)7-11(17)9-5-3-4-6-10(9)13(14,15)16/h8-11H,2-7,17H2,1H3. The van der Waals surface area contributed by atoms with E-state index in [9.17, 15) is 13.2 Å². The fourth-order valence-corrected chi connectivity index (χ4v) is 3.15. The first-order valence-corrected chi connectivity index (χ1v) is 7.12. The van der Waals surface area contributed by atoms with E-state index in [0.29, 0.717) is 31.6 Å². The van der Waals surface area contributed by atoms with E-state index in [1.165, 1.54) is 6.33 Å². The van der Waals surface area contributed by atoms with Crippen LogP contribution in [0.2, 0.25) is 0 Å². The highest BCUT2D eigenvalue weighted by molar-refractivity contribution is 4.94. The predicted molar refractivity (Wildman–Crippen MR) is 68.9 cm³/mol. The highest BCUT2D eigenvalue weighted by Gasteiger charge is 2.47. The number of nitrogens with two attached hydrogens (primary N) is 1. The van der Waals surface area contributed by atoms with E-state index in [2.05, 4.69) is 10.1 Å². The summed E-state index contributed by atoms with van der Waals surface area (Å²) < 4.78 is 40.9. The maximum atomic E-state index is 13.1. The van der Waals surface area contributed by atoms with Gasteiger partial charge in [-0.25, -0.2) is 4.98 Å². The quantitative estimate of drug-likeness (QED) is 0.927. The number of hydrogen-bond acceptors (Lipinski definition) is 3. The van der Waals surface area contributed by atoms with Gasteiger partial charge in [-0.1, -0.05) is 12.8 Å². The zero-order chi connectivity index (χ0) is 14.8. The third-order valence-corrected chi connectivity index (χ3v) is 4.20. The van der Waals surface area contributed by atoms with Gasteiger partial charge in [0.15, 0.2) is 0 Å². The van der Waals surface area contributed by atoms with Gasteiger partial charge in [0.2, 0.25) is 0 Å². The minimum atomic E-state index is -4.15. The second-order valence-electron chi connectivity index (χ2n) is 5.46. The molecule has 3 unspecified atom stereocenters. The van der Waals surface area contributed by atoms with Crippen molar-refractivity contribution in [1.82, 2.24) is 14.8 Å². The molecule has 0 aromatic carbocycles. The van der Waals surface area contributed by atoms with Crippen LogP contribution in [-0.4, -0.2) is 27.0 Å². The van der Waals surface area contributed by atoms with Crippen molar-refractivity contribution in [2.24, 2.45) is 17.6 Å². The zero-order valence-corrected chi connectivity index (χ0v) is 11.6. The molecule has 2 N–H and O–H groups in total. The van der Waals surface area contributed by atoms with Crippen molar-refractivity contribution in [3.05, 3.63) is 12.2 Å². The van der Waals surface area contributed by atoms with Gasteiger partial charge in [-0.15, -0.1) is 0 Å². The van der Waals surface area contributed by atoms with E-state index in [1.807, 2.05) is 6.92 Å². The van der Waals surface area contributed by atoms with Gasteiger partial charge in [0, 0.05) is 19.0 Å². The summed E-state index contributed by atoms with van der Waals surface area (Å²) in [5.41, 5.74) is 6.07. The molecule has 4 nitrogen and oxygen atoms in total. The molecule has 20 heavy (non-hydrogen) atoms. The average molecular weight is 290 g/mol. The first-order chi connectivity index (χ1) is 9.43. The van der Waals surface area contributed by atoms with Crippen LogP contribution in [0.4, 0.5) is 13.2 Å². The lowest BCUT2D eigenvalue weighted by atomic mass is 9.74. The number of rotatable bonds is 4. The number of halogens is 3. The van der Waals surface area contributed by atoms with Crippen LogP contribution in [0, 0.1) is 11.8 Å². The lowest BCUT2D eigenvalue weighted by Gasteiger charge is -2.36. The molecule has 0 spiro atoms. The molecule has 3 atom stereocenters. The Balaban J connectivity index is 2.08. The highest BCUT2D eigenvalue weighted by Crippen LogP contribution is 2.42. The third-order valence-electron chi connectivity index (χ3n) is 4.20. The Kier molecular flexibility index (Phi) is 4.67. The molecule has 0 aliphatic heterocycles. The molecular weight excluding hydrogens is 269 g/mol. The van der Waals surface area contributed by atoms with E-state index in [1.54, 1.807) is 4.68 Å². The van der Waals surface area contributed by atoms with Crippen molar-refractivity contribution in [1.29, 1.82) is 0 Å². The van der Waals surface area contributed by atoms with Crippen LogP contribution >= 0.6 is 0 Å². The normalized spacial score (nSPS) is 25.6. The molecule has 0 radical (unpaired) electrons. The van der Waals surface area contributed by atoms with Gasteiger partial charge in [0.1, 0.15) is 12.2 Å². The zero-order valence-electron chi connectivity index (χ0n) is 11.6. The SMILES string of the molecule is CCn1ncnc1CC(N)C1CCCCC1C(F)(F)F. The summed E-state index contributed by atoms with van der Waals surface area (Å²) >= 11 is 0. The summed E-state index contributed by atoms with van der Waals surface area (Å²) in [4.78, 5) is 4.10. The van der Waals surface area contributed by atoms with Gasteiger partial charge < -0.3 is 5.73 Å². The summed E-state index contributed by atoms with van der Waals surface area (Å²) in [6, 6.07) is -0.517. The minimum absolute atomic E-state index is 0.197. The summed E-state index contributed by atoms with van der Waals surface area (Å²) in [6.07, 6.45) is -0.169. The van der Waals surface area contributed by atoms with Crippen LogP contribution in [-0.2, 0) is 13.0 Å². The topological polar surface area (TPSA) is 56.7 Å². The molecule has 0 amide bonds. The summed E-state index contributed by atoms with van der Waals surface area (Å²) in [5, 5.41) is 4.03. The maximum absolute atomic E-state index is 13.1. The molecule has 7 heteroatoms. The largest absolute Gasteiger partial charge is 0.392 e. The number of hydrogen-bond donors (Lipinski definition) is 1. The molecule has 1 aliphatic rings. The molecule has 1 heterocycles. The fourth-order valence-electron chi connectivity index (χ4n) is 3.15. The van der Waals surface area contributed by atoms with Crippen LogP contribution in [0.3, 0.4) is 0 Å². The lowest BCUT2D eigenvalue weighted by Crippen LogP contribution is -2.44. The Bertz CT molecular complexity index is 429. The number of alkyl halides is 3. The molecule has 1 fully saturated rings. The Morgan fingerprint density at radius 1 is 1.40 bits per heavy atom. The number of aromatic nitrogens is 3. The smallest absolute Gasteiger partial charge is 0.327 e. The molecular formula is C13H21F3N4. The van der Waals surface area contributed by atoms with Gasteiger partial charge >= 0.3 is 6.18 Å². The van der Waals surface area contributed by atoms with Gasteiger partial charge in [-0.05, 0) is 25.7 Å². The van der Waals surface area contributed by atoms with Crippen LogP contribution in [0.5, 0.6) is 0 Å². The van der Waals surface area contributed by atoms with Crippen molar-refractivity contribution in [3.8, 4) is 0 Å². The van der Waals surface area contributed by atoms with E-state index in [4.69, 9.17) is 5.73 Å². The second-order valence-corrected chi connectivity index (χ2v) is 5.46. The maximum Gasteiger partial charge on any atom is 0.392 e. The molecule has 1 saturated carbocycles. The predicted octanol–water partition coefficient (Wildman–Crippen LogP) is 2.54. The Morgan fingerprint density at radius 3 is 2.75 bits per heavy atom. The first-order valence-electron chi connectivity index (χ1n) is 7.12. The Morgan fingerprint density at radius 2 is 2.10 bits per heavy atom. The van der Waals surface area contributed by atoms with E-state index in [0.717, 1.165) is 6.42 Å². The van der Waals surface area contributed by atoms with Crippen LogP contribution < -0.4 is 5.73 Å². The summed E-state index contributed by atoms with van der Waals surface area (Å²) in [6.45, 7) is 2.57. The van der Waals surface area contributed by atoms with Crippen molar-refractivity contribution in [2.45, 2.75) is 57.8 Å². The summed E-state index contributed by atoms with van der Waals surface area (Å²) in [7, 11) is 0. The average Bonchev–Trinajstić information content (AvgIpc) is 2.85. The van der Waals surface area contributed by atoms with Crippen molar-refractivity contribution < 1.29 is 13.2 Å². The second kappa shape index (κ2) is 6.11. The van der Waals surface area contributed by atoms with Gasteiger partial charge in [0.25, 0.3) is 0 Å². The Labute approximate surface area is 116 Å². The van der Waals surface area contributed by atoms with Gasteiger partial charge in [-0.3, -0.25) is 4.68 Å². The summed E-state index contributed by atoms with van der Waals surface area (Å²) in [5.74, 6) is -1.11. The van der Waals surface area contributed by atoms with E-state index >= 15 is 0 Å². The molecule has 1 aromatic heterocycles. The number of nitrogens with zero attached hydrogens (tertiary/aromatic N) is 3. The fraction of sp³-hybridized carbons (Fsp3) is 0.846. The third kappa shape index (κ3) is 3.31. The molecule has 0 saturated heterocycles. The first kappa shape index (κ1) is 15.3. The van der Waals surface area contributed by atoms with E-state index < -0.39 is 24.1 Å². The lowest BCUT2D eigenvalue weighted by molar-refractivity contribution is -0.198. The molecule has 0 bridgehead atoms. The number of aryl methyl sites for hydroxylation is 1. The van der Waals surface area contributed by atoms with Gasteiger partial charge in [0.05, 0.1) is 5.92 Å². The molecule has 114 valence electrons. The molecule has 2 rings (SSSR count). The van der Waals surface area contributed by atoms with Crippen molar-refractivity contribution in [2.75, 3.05) is 0 Å². The monoisotopic (exact) mass is 290 g/mol. The van der Waals surface area contributed by atoms with Crippen LogP contribution in [0.15, 0.2) is 6.33 Å². The van der Waals surface area contributed by atoms with Crippen LogP contribution in [0.1, 0.15) is 38.4 Å². The van der Waals surface area contributed by atoms with Crippen molar-refractivity contribution in [3.63, 3.8) is 0 Å². The van der Waals surface area contributed by atoms with Gasteiger partial charge in [-0.2, -0.15) is 18.3 Å². The minimum Gasteiger partial charge on any atom is -0.327 e. The van der Waals surface area contributed by atoms with Crippen molar-refractivity contribution >= 4 is 0 Å². The van der Waals surface area contributed by atoms with E-state index in [-0.39, 0.29) is 6.42 Å². The Hall–Kier alpha value is -1.11. The molecule has 1 aromatic rings. The molecule has 1 aliphatic carbocycles. The van der Waals surface area contributed by atoms with Crippen LogP contribution in [0.25, 0.3) is 0 Å². The highest BCUT2D eigenvalue weighted by atomic mass is 19.4.